The van der Waals surface area contributed by atoms with Crippen molar-refractivity contribution in [2.45, 2.75) is 0 Å². The molecule has 0 aliphatic carbocycles. The van der Waals surface area contributed by atoms with Crippen molar-refractivity contribution < 1.29 is 27.6 Å². The van der Waals surface area contributed by atoms with E-state index in [4.69, 9.17) is 23.2 Å². The van der Waals surface area contributed by atoms with E-state index in [1.165, 1.54) is 6.08 Å². The van der Waals surface area contributed by atoms with E-state index in [9.17, 15) is 27.6 Å². The number of amides is 3. The van der Waals surface area contributed by atoms with Crippen LogP contribution in [0.25, 0.3) is 6.08 Å². The molecule has 0 bridgehead atoms. The normalized spacial score (nSPS) is 15.3. The van der Waals surface area contributed by atoms with E-state index in [0.717, 1.165) is 6.07 Å². The van der Waals surface area contributed by atoms with Crippen LogP contribution in [0.15, 0.2) is 35.2 Å². The lowest BCUT2D eigenvalue weighted by Crippen LogP contribution is -2.36. The van der Waals surface area contributed by atoms with E-state index in [0.29, 0.717) is 28.3 Å². The Morgan fingerprint density at radius 1 is 1.07 bits per heavy atom. The van der Waals surface area contributed by atoms with E-state index in [2.05, 4.69) is 0 Å². The third-order valence-electron chi connectivity index (χ3n) is 3.76. The first-order chi connectivity index (χ1) is 13.7. The fourth-order valence-electron chi connectivity index (χ4n) is 2.37. The number of hydrogen-bond acceptors (Lipinski definition) is 4. The van der Waals surface area contributed by atoms with Crippen LogP contribution in [-0.2, 0) is 9.59 Å². The van der Waals surface area contributed by atoms with E-state index < -0.39 is 46.7 Å². The second kappa shape index (κ2) is 8.48. The first kappa shape index (κ1) is 21.2. The number of hydrogen-bond donors (Lipinski definition) is 1. The fraction of sp³-hybridized carbons (Fsp3) is 0.0556. The lowest BCUT2D eigenvalue weighted by atomic mass is 10.2. The van der Waals surface area contributed by atoms with Gasteiger partial charge in [0, 0.05) is 15.6 Å². The predicted octanol–water partition coefficient (Wildman–Crippen LogP) is 5.09. The maximum absolute atomic E-state index is 13.7. The maximum atomic E-state index is 13.7. The van der Waals surface area contributed by atoms with Crippen molar-refractivity contribution in [3.05, 3.63) is 68.3 Å². The monoisotopic (exact) mass is 460 g/mol. The second-order valence-electron chi connectivity index (χ2n) is 5.67. The summed E-state index contributed by atoms with van der Waals surface area (Å²) >= 11 is 12.6. The number of carbonyl (C=O) groups excluding carboxylic acids is 3. The molecule has 150 valence electrons. The van der Waals surface area contributed by atoms with E-state index in [1.54, 1.807) is 18.2 Å². The Bertz CT molecular complexity index is 1060. The van der Waals surface area contributed by atoms with Crippen LogP contribution in [-0.4, -0.2) is 28.5 Å². The molecule has 0 aromatic heterocycles. The molecule has 0 radical (unpaired) electrons. The maximum Gasteiger partial charge on any atom is 0.294 e. The van der Waals surface area contributed by atoms with Gasteiger partial charge < -0.3 is 5.32 Å². The SMILES string of the molecule is O=C(CN1C(=O)S/C(=C/c2c(Cl)cccc2Cl)C1=O)Nc1ccc(F)c(F)c1F. The highest BCUT2D eigenvalue weighted by Crippen LogP contribution is 2.35. The highest BCUT2D eigenvalue weighted by Gasteiger charge is 2.36. The predicted molar refractivity (Wildman–Crippen MR) is 104 cm³/mol. The molecule has 29 heavy (non-hydrogen) atoms. The molecule has 1 heterocycles. The van der Waals surface area contributed by atoms with Gasteiger partial charge in [0.05, 0.1) is 10.6 Å². The first-order valence-electron chi connectivity index (χ1n) is 7.81. The molecule has 1 saturated heterocycles. The minimum Gasteiger partial charge on any atom is -0.322 e. The first-order valence-corrected chi connectivity index (χ1v) is 9.39. The summed E-state index contributed by atoms with van der Waals surface area (Å²) in [5.41, 5.74) is -0.297. The molecule has 0 atom stereocenters. The number of nitrogens with one attached hydrogen (secondary N) is 1. The van der Waals surface area contributed by atoms with Gasteiger partial charge in [-0.25, -0.2) is 13.2 Å². The molecule has 3 rings (SSSR count). The lowest BCUT2D eigenvalue weighted by molar-refractivity contribution is -0.127. The summed E-state index contributed by atoms with van der Waals surface area (Å²) in [7, 11) is 0. The van der Waals surface area contributed by atoms with Crippen LogP contribution in [0.3, 0.4) is 0 Å². The molecule has 3 amide bonds. The van der Waals surface area contributed by atoms with Crippen molar-refractivity contribution >= 4 is 63.8 Å². The minimum atomic E-state index is -1.76. The van der Waals surface area contributed by atoms with Crippen LogP contribution in [0.5, 0.6) is 0 Å². The number of imide groups is 1. The van der Waals surface area contributed by atoms with Gasteiger partial charge in [-0.05, 0) is 42.1 Å². The molecule has 0 saturated carbocycles. The number of thioether (sulfide) groups is 1. The zero-order valence-electron chi connectivity index (χ0n) is 14.1. The summed E-state index contributed by atoms with van der Waals surface area (Å²) in [4.78, 5) is 37.2. The van der Waals surface area contributed by atoms with Crippen LogP contribution >= 0.6 is 35.0 Å². The van der Waals surface area contributed by atoms with Gasteiger partial charge in [-0.2, -0.15) is 0 Å². The number of anilines is 1. The quantitative estimate of drug-likeness (QED) is 0.509. The summed E-state index contributed by atoms with van der Waals surface area (Å²) in [5, 5.41) is 1.77. The average molecular weight is 461 g/mol. The van der Waals surface area contributed by atoms with Gasteiger partial charge in [-0.15, -0.1) is 0 Å². The number of nitrogens with zero attached hydrogens (tertiary/aromatic N) is 1. The zero-order chi connectivity index (χ0) is 21.3. The molecule has 1 fully saturated rings. The van der Waals surface area contributed by atoms with E-state index in [-0.39, 0.29) is 15.0 Å². The van der Waals surface area contributed by atoms with Gasteiger partial charge in [0.15, 0.2) is 17.5 Å². The van der Waals surface area contributed by atoms with Gasteiger partial charge in [0.2, 0.25) is 5.91 Å². The van der Waals surface area contributed by atoms with E-state index >= 15 is 0 Å². The molecule has 1 N–H and O–H groups in total. The van der Waals surface area contributed by atoms with E-state index in [1.807, 2.05) is 5.32 Å². The van der Waals surface area contributed by atoms with Crippen LogP contribution < -0.4 is 5.32 Å². The summed E-state index contributed by atoms with van der Waals surface area (Å²) in [5.74, 6) is -6.53. The molecule has 0 unspecified atom stereocenters. The zero-order valence-corrected chi connectivity index (χ0v) is 16.5. The van der Waals surface area contributed by atoms with Crippen LogP contribution in [0.4, 0.5) is 23.7 Å². The molecule has 1 aliphatic rings. The number of halogens is 5. The summed E-state index contributed by atoms with van der Waals surface area (Å²) in [6, 6.07) is 6.15. The Balaban J connectivity index is 1.76. The summed E-state index contributed by atoms with van der Waals surface area (Å²) in [6.45, 7) is -0.753. The third-order valence-corrected chi connectivity index (χ3v) is 5.33. The Morgan fingerprint density at radius 3 is 2.38 bits per heavy atom. The van der Waals surface area contributed by atoms with Gasteiger partial charge >= 0.3 is 0 Å². The topological polar surface area (TPSA) is 66.5 Å². The van der Waals surface area contributed by atoms with Crippen molar-refractivity contribution in [3.63, 3.8) is 0 Å². The van der Waals surface area contributed by atoms with Crippen molar-refractivity contribution in [3.8, 4) is 0 Å². The Morgan fingerprint density at radius 2 is 1.72 bits per heavy atom. The molecule has 2 aromatic carbocycles. The Labute approximate surface area is 176 Å². The van der Waals surface area contributed by atoms with Gasteiger partial charge in [-0.3, -0.25) is 19.3 Å². The van der Waals surface area contributed by atoms with Crippen LogP contribution in [0.1, 0.15) is 5.56 Å². The summed E-state index contributed by atoms with van der Waals surface area (Å²) in [6.07, 6.45) is 1.32. The smallest absolute Gasteiger partial charge is 0.294 e. The standard InChI is InChI=1S/C18H9Cl2F3N2O3S/c19-9-2-1-3-10(20)8(9)6-13-17(27)25(18(28)29-13)7-14(26)24-12-5-4-11(21)15(22)16(12)23/h1-6H,7H2,(H,24,26)/b13-6+. The molecule has 2 aromatic rings. The number of rotatable bonds is 4. The van der Waals surface area contributed by atoms with Crippen molar-refractivity contribution in [2.75, 3.05) is 11.9 Å². The Hall–Kier alpha value is -2.49. The second-order valence-corrected chi connectivity index (χ2v) is 7.48. The van der Waals surface area contributed by atoms with Gasteiger partial charge in [0.1, 0.15) is 6.54 Å². The molecule has 5 nitrogen and oxygen atoms in total. The molecular weight excluding hydrogens is 452 g/mol. The largest absolute Gasteiger partial charge is 0.322 e. The molecule has 1 aliphatic heterocycles. The van der Waals surface area contributed by atoms with Crippen LogP contribution in [0, 0.1) is 17.5 Å². The van der Waals surface area contributed by atoms with Gasteiger partial charge in [-0.1, -0.05) is 29.3 Å². The van der Waals surface area contributed by atoms with Crippen LogP contribution in [0.2, 0.25) is 10.0 Å². The van der Waals surface area contributed by atoms with Crippen molar-refractivity contribution in [1.29, 1.82) is 0 Å². The third kappa shape index (κ3) is 4.42. The van der Waals surface area contributed by atoms with Crippen molar-refractivity contribution in [2.24, 2.45) is 0 Å². The molecule has 0 spiro atoms. The lowest BCUT2D eigenvalue weighted by Gasteiger charge is -2.13. The molecule has 11 heteroatoms. The summed E-state index contributed by atoms with van der Waals surface area (Å²) < 4.78 is 39.8. The fourth-order valence-corrected chi connectivity index (χ4v) is 3.70. The number of benzene rings is 2. The minimum absolute atomic E-state index is 0.0168. The van der Waals surface area contributed by atoms with Crippen molar-refractivity contribution in [1.82, 2.24) is 4.90 Å². The number of carbonyl (C=O) groups is 3. The molecular formula is C18H9Cl2F3N2O3S. The highest BCUT2D eigenvalue weighted by atomic mass is 35.5. The highest BCUT2D eigenvalue weighted by molar-refractivity contribution is 8.18. The average Bonchev–Trinajstić information content (AvgIpc) is 2.93. The Kier molecular flexibility index (Phi) is 6.21. The van der Waals surface area contributed by atoms with Gasteiger partial charge in [0.25, 0.3) is 11.1 Å².